The van der Waals surface area contributed by atoms with Gasteiger partial charge in [0.25, 0.3) is 0 Å². The number of hydrogen-bond acceptors (Lipinski definition) is 2. The highest BCUT2D eigenvalue weighted by Gasteiger charge is 1.92. The predicted octanol–water partition coefficient (Wildman–Crippen LogP) is -0.377. The Bertz CT molecular complexity index is 244. The minimum Gasteiger partial charge on any atom is -0.370 e. The lowest BCUT2D eigenvalue weighted by Gasteiger charge is -1.85. The van der Waals surface area contributed by atoms with Crippen LogP contribution in [0.4, 0.5) is 5.95 Å². The molecule has 0 spiro atoms. The first-order chi connectivity index (χ1) is 4.68. The second kappa shape index (κ2) is 2.38. The Labute approximate surface area is 58.2 Å². The van der Waals surface area contributed by atoms with Crippen LogP contribution in [0.5, 0.6) is 0 Å². The van der Waals surface area contributed by atoms with Crippen LogP contribution in [-0.2, 0) is 0 Å². The monoisotopic (exact) mass is 139 g/mol. The largest absolute Gasteiger partial charge is 0.370 e. The van der Waals surface area contributed by atoms with Crippen molar-refractivity contribution < 1.29 is 0 Å². The van der Waals surface area contributed by atoms with Gasteiger partial charge in [0.1, 0.15) is 0 Å². The third-order valence-electron chi connectivity index (χ3n) is 0.924. The first-order valence-corrected chi connectivity index (χ1v) is 2.80. The molecule has 10 heavy (non-hydrogen) atoms. The van der Waals surface area contributed by atoms with E-state index in [-0.39, 0.29) is 5.96 Å². The average Bonchev–Trinajstić information content (AvgIpc) is 2.13. The number of hydrogen-bond donors (Lipinski definition) is 3. The summed E-state index contributed by atoms with van der Waals surface area (Å²) in [6, 6.07) is 0. The van der Waals surface area contributed by atoms with Crippen molar-refractivity contribution in [1.82, 2.24) is 9.97 Å². The Hall–Kier alpha value is -1.52. The summed E-state index contributed by atoms with van der Waals surface area (Å²) in [6.07, 6.45) is 1.65. The molecule has 0 bridgehead atoms. The molecular weight excluding hydrogens is 130 g/mol. The number of aromatic nitrogens is 2. The number of rotatable bonds is 1. The second-order valence-corrected chi connectivity index (χ2v) is 1.93. The molecule has 1 rings (SSSR count). The number of nitrogens with zero attached hydrogens (tertiary/aromatic N) is 2. The molecule has 0 aliphatic rings. The quantitative estimate of drug-likeness (QED) is 0.366. The molecule has 0 radical (unpaired) electrons. The number of H-pyrrole nitrogens is 1. The van der Waals surface area contributed by atoms with Gasteiger partial charge in [0.15, 0.2) is 5.96 Å². The van der Waals surface area contributed by atoms with Gasteiger partial charge < -0.3 is 16.5 Å². The van der Waals surface area contributed by atoms with E-state index in [9.17, 15) is 0 Å². The van der Waals surface area contributed by atoms with Crippen LogP contribution >= 0.6 is 0 Å². The highest BCUT2D eigenvalue weighted by molar-refractivity contribution is 5.77. The van der Waals surface area contributed by atoms with Crippen LogP contribution in [0.1, 0.15) is 5.69 Å². The zero-order valence-electron chi connectivity index (χ0n) is 5.63. The molecule has 5 heteroatoms. The maximum absolute atomic E-state index is 5.10. The lowest BCUT2D eigenvalue weighted by Crippen LogP contribution is -2.22. The van der Waals surface area contributed by atoms with Gasteiger partial charge in [0.05, 0.1) is 0 Å². The van der Waals surface area contributed by atoms with E-state index >= 15 is 0 Å². The number of aliphatic imine (C=N–C) groups is 1. The smallest absolute Gasteiger partial charge is 0.230 e. The van der Waals surface area contributed by atoms with Crippen molar-refractivity contribution in [2.75, 3.05) is 0 Å². The molecule has 0 saturated carbocycles. The van der Waals surface area contributed by atoms with E-state index in [0.717, 1.165) is 5.69 Å². The van der Waals surface area contributed by atoms with Crippen molar-refractivity contribution >= 4 is 11.9 Å². The Kier molecular flexibility index (Phi) is 1.57. The van der Waals surface area contributed by atoms with Crippen LogP contribution in [0.15, 0.2) is 11.2 Å². The van der Waals surface area contributed by atoms with E-state index in [1.54, 1.807) is 6.20 Å². The molecule has 5 nitrogen and oxygen atoms in total. The van der Waals surface area contributed by atoms with Gasteiger partial charge in [0, 0.05) is 11.9 Å². The average molecular weight is 139 g/mol. The van der Waals surface area contributed by atoms with E-state index in [1.165, 1.54) is 0 Å². The summed E-state index contributed by atoms with van der Waals surface area (Å²) in [5.74, 6) is 0.451. The highest BCUT2D eigenvalue weighted by atomic mass is 15.1. The van der Waals surface area contributed by atoms with Gasteiger partial charge in [-0.05, 0) is 6.92 Å². The Balaban J connectivity index is 2.86. The maximum Gasteiger partial charge on any atom is 0.230 e. The van der Waals surface area contributed by atoms with Gasteiger partial charge in [-0.25, -0.2) is 4.98 Å². The number of nitrogens with two attached hydrogens (primary N) is 2. The Morgan fingerprint density at radius 2 is 2.40 bits per heavy atom. The molecule has 1 aromatic rings. The van der Waals surface area contributed by atoms with Crippen molar-refractivity contribution in [2.45, 2.75) is 6.92 Å². The van der Waals surface area contributed by atoms with Gasteiger partial charge in [0.2, 0.25) is 5.95 Å². The molecule has 54 valence electrons. The van der Waals surface area contributed by atoms with Crippen LogP contribution in [-0.4, -0.2) is 15.9 Å². The topological polar surface area (TPSA) is 93.1 Å². The Morgan fingerprint density at radius 3 is 2.80 bits per heavy atom. The summed E-state index contributed by atoms with van der Waals surface area (Å²) in [6.45, 7) is 1.87. The number of aryl methyl sites for hydroxylation is 1. The fourth-order valence-corrected chi connectivity index (χ4v) is 0.578. The minimum atomic E-state index is 0.00866. The summed E-state index contributed by atoms with van der Waals surface area (Å²) >= 11 is 0. The molecule has 0 amide bonds. The van der Waals surface area contributed by atoms with E-state index in [4.69, 9.17) is 11.5 Å². The van der Waals surface area contributed by atoms with Gasteiger partial charge in [-0.2, -0.15) is 4.99 Å². The summed E-state index contributed by atoms with van der Waals surface area (Å²) < 4.78 is 0. The zero-order valence-corrected chi connectivity index (χ0v) is 5.63. The molecule has 0 saturated heterocycles. The van der Waals surface area contributed by atoms with Crippen molar-refractivity contribution in [3.63, 3.8) is 0 Å². The van der Waals surface area contributed by atoms with Crippen molar-refractivity contribution in [3.8, 4) is 0 Å². The fourth-order valence-electron chi connectivity index (χ4n) is 0.578. The summed E-state index contributed by atoms with van der Waals surface area (Å²) in [7, 11) is 0. The standard InChI is InChI=1S/C5H9N5/c1-3-2-8-5(9-3)10-4(6)7/h2H,1H3,(H5,6,7,8,9,10). The lowest BCUT2D eigenvalue weighted by molar-refractivity contribution is 1.20. The third-order valence-corrected chi connectivity index (χ3v) is 0.924. The molecule has 0 aromatic carbocycles. The number of nitrogens with one attached hydrogen (secondary N) is 1. The second-order valence-electron chi connectivity index (χ2n) is 1.93. The molecule has 5 N–H and O–H groups in total. The van der Waals surface area contributed by atoms with E-state index in [2.05, 4.69) is 15.0 Å². The van der Waals surface area contributed by atoms with Crippen LogP contribution in [0, 0.1) is 6.92 Å². The summed E-state index contributed by atoms with van der Waals surface area (Å²) in [5, 5.41) is 0. The van der Waals surface area contributed by atoms with Gasteiger partial charge >= 0.3 is 0 Å². The summed E-state index contributed by atoms with van der Waals surface area (Å²) in [4.78, 5) is 10.4. The number of guanidine groups is 1. The van der Waals surface area contributed by atoms with E-state index < -0.39 is 0 Å². The van der Waals surface area contributed by atoms with Crippen molar-refractivity contribution in [3.05, 3.63) is 11.9 Å². The first-order valence-electron chi connectivity index (χ1n) is 2.80. The molecule has 0 aliphatic carbocycles. The maximum atomic E-state index is 5.10. The van der Waals surface area contributed by atoms with Gasteiger partial charge in [-0.15, -0.1) is 0 Å². The summed E-state index contributed by atoms with van der Waals surface area (Å²) in [5.41, 5.74) is 11.1. The minimum absolute atomic E-state index is 0.00866. The van der Waals surface area contributed by atoms with E-state index in [1.807, 2.05) is 6.92 Å². The first kappa shape index (κ1) is 6.60. The van der Waals surface area contributed by atoms with Gasteiger partial charge in [-0.3, -0.25) is 0 Å². The number of imidazole rings is 1. The van der Waals surface area contributed by atoms with Crippen LogP contribution in [0.3, 0.4) is 0 Å². The molecule has 0 unspecified atom stereocenters. The molecule has 0 fully saturated rings. The number of aromatic amines is 1. The molecule has 0 atom stereocenters. The van der Waals surface area contributed by atoms with Crippen LogP contribution in [0.25, 0.3) is 0 Å². The third kappa shape index (κ3) is 1.48. The fraction of sp³-hybridized carbons (Fsp3) is 0.200. The lowest BCUT2D eigenvalue weighted by atomic mass is 10.6. The highest BCUT2D eigenvalue weighted by Crippen LogP contribution is 2.02. The zero-order chi connectivity index (χ0) is 7.56. The molecular formula is C5H9N5. The normalized spacial score (nSPS) is 9.30. The Morgan fingerprint density at radius 1 is 1.70 bits per heavy atom. The van der Waals surface area contributed by atoms with Crippen molar-refractivity contribution in [2.24, 2.45) is 16.5 Å². The van der Waals surface area contributed by atoms with Crippen LogP contribution in [0.2, 0.25) is 0 Å². The van der Waals surface area contributed by atoms with E-state index in [0.29, 0.717) is 5.95 Å². The SMILES string of the molecule is Cc1cnc(N=C(N)N)[nH]1. The predicted molar refractivity (Wildman–Crippen MR) is 38.8 cm³/mol. The molecule has 1 heterocycles. The van der Waals surface area contributed by atoms with Crippen molar-refractivity contribution in [1.29, 1.82) is 0 Å². The molecule has 1 aromatic heterocycles. The van der Waals surface area contributed by atoms with Crippen LogP contribution < -0.4 is 11.5 Å². The van der Waals surface area contributed by atoms with Gasteiger partial charge in [-0.1, -0.05) is 0 Å². The molecule has 0 aliphatic heterocycles.